The van der Waals surface area contributed by atoms with E-state index in [2.05, 4.69) is 4.18 Å². The molecule has 0 atom stereocenters. The molecule has 0 spiro atoms. The first-order chi connectivity index (χ1) is 5.47. The molecule has 0 aromatic carbocycles. The molecule has 0 aromatic rings. The van der Waals surface area contributed by atoms with E-state index >= 15 is 0 Å². The minimum absolute atomic E-state index is 0.0633. The Morgan fingerprint density at radius 3 is 2.42 bits per heavy atom. The van der Waals surface area contributed by atoms with Crippen molar-refractivity contribution in [1.29, 1.82) is 0 Å². The van der Waals surface area contributed by atoms with Gasteiger partial charge in [0.25, 0.3) is 10.1 Å². The van der Waals surface area contributed by atoms with Crippen LogP contribution in [0, 0.1) is 5.41 Å². The third kappa shape index (κ3) is 2.43. The van der Waals surface area contributed by atoms with Gasteiger partial charge >= 0.3 is 0 Å². The Labute approximate surface area is 73.0 Å². The van der Waals surface area contributed by atoms with Gasteiger partial charge in [-0.05, 0) is 6.92 Å². The van der Waals surface area contributed by atoms with Crippen LogP contribution in [0.5, 0.6) is 0 Å². The maximum atomic E-state index is 11.2. The standard InChI is InChI=1S/C7H14O4S/c1-3-11-12(8,9)6-7(2)4-10-5-7/h3-6H2,1-2H3. The summed E-state index contributed by atoms with van der Waals surface area (Å²) in [5.41, 5.74) is -0.228. The Morgan fingerprint density at radius 2 is 2.08 bits per heavy atom. The SMILES string of the molecule is CCOS(=O)(=O)CC1(C)COC1. The van der Waals surface area contributed by atoms with Crippen molar-refractivity contribution in [1.82, 2.24) is 0 Å². The van der Waals surface area contributed by atoms with Crippen LogP contribution in [-0.4, -0.2) is 34.0 Å². The molecule has 0 bridgehead atoms. The van der Waals surface area contributed by atoms with Crippen LogP contribution < -0.4 is 0 Å². The maximum absolute atomic E-state index is 11.2. The second-order valence-corrected chi connectivity index (χ2v) is 5.05. The molecule has 1 fully saturated rings. The van der Waals surface area contributed by atoms with E-state index in [1.54, 1.807) is 6.92 Å². The summed E-state index contributed by atoms with van der Waals surface area (Å²) >= 11 is 0. The van der Waals surface area contributed by atoms with Gasteiger partial charge in [-0.15, -0.1) is 0 Å². The van der Waals surface area contributed by atoms with Gasteiger partial charge < -0.3 is 4.74 Å². The summed E-state index contributed by atoms with van der Waals surface area (Å²) in [4.78, 5) is 0. The number of hydrogen-bond donors (Lipinski definition) is 0. The van der Waals surface area contributed by atoms with Gasteiger partial charge in [0.1, 0.15) is 0 Å². The monoisotopic (exact) mass is 194 g/mol. The first kappa shape index (κ1) is 9.95. The highest BCUT2D eigenvalue weighted by Gasteiger charge is 2.38. The fourth-order valence-electron chi connectivity index (χ4n) is 1.18. The summed E-state index contributed by atoms with van der Waals surface area (Å²) in [6.45, 7) is 4.78. The highest BCUT2D eigenvalue weighted by Crippen LogP contribution is 2.28. The lowest BCUT2D eigenvalue weighted by atomic mass is 9.92. The van der Waals surface area contributed by atoms with Gasteiger partial charge in [0.05, 0.1) is 25.6 Å². The highest BCUT2D eigenvalue weighted by molar-refractivity contribution is 7.86. The molecule has 1 heterocycles. The first-order valence-corrected chi connectivity index (χ1v) is 5.50. The zero-order valence-electron chi connectivity index (χ0n) is 7.37. The summed E-state index contributed by atoms with van der Waals surface area (Å²) in [6, 6.07) is 0. The van der Waals surface area contributed by atoms with Crippen LogP contribution in [0.15, 0.2) is 0 Å². The Hall–Kier alpha value is -0.130. The van der Waals surface area contributed by atoms with E-state index in [1.807, 2.05) is 6.92 Å². The van der Waals surface area contributed by atoms with Crippen LogP contribution in [0.3, 0.4) is 0 Å². The molecule has 12 heavy (non-hydrogen) atoms. The van der Waals surface area contributed by atoms with Gasteiger partial charge in [-0.3, -0.25) is 4.18 Å². The lowest BCUT2D eigenvalue weighted by Gasteiger charge is -2.37. The van der Waals surface area contributed by atoms with E-state index in [9.17, 15) is 8.42 Å². The van der Waals surface area contributed by atoms with E-state index in [1.165, 1.54) is 0 Å². The lowest BCUT2D eigenvalue weighted by Crippen LogP contribution is -2.45. The molecule has 0 aliphatic carbocycles. The molecule has 0 radical (unpaired) electrons. The molecular weight excluding hydrogens is 180 g/mol. The Morgan fingerprint density at radius 1 is 1.50 bits per heavy atom. The second-order valence-electron chi connectivity index (χ2n) is 3.41. The smallest absolute Gasteiger partial charge is 0.268 e. The molecule has 0 N–H and O–H groups in total. The molecule has 1 aliphatic rings. The average molecular weight is 194 g/mol. The van der Waals surface area contributed by atoms with Gasteiger partial charge in [-0.1, -0.05) is 6.92 Å². The topological polar surface area (TPSA) is 52.6 Å². The predicted octanol–water partition coefficient (Wildman–Crippen LogP) is 0.389. The minimum atomic E-state index is -3.33. The van der Waals surface area contributed by atoms with Gasteiger partial charge in [0.15, 0.2) is 0 Å². The van der Waals surface area contributed by atoms with Crippen molar-refractivity contribution < 1.29 is 17.3 Å². The van der Waals surface area contributed by atoms with E-state index in [0.717, 1.165) is 0 Å². The Balaban J connectivity index is 2.49. The first-order valence-electron chi connectivity index (χ1n) is 3.92. The zero-order chi connectivity index (χ0) is 9.24. The molecule has 1 rings (SSSR count). The molecule has 0 aromatic heterocycles. The van der Waals surface area contributed by atoms with Crippen LogP contribution in [0.4, 0.5) is 0 Å². The molecule has 4 nitrogen and oxygen atoms in total. The summed E-state index contributed by atoms with van der Waals surface area (Å²) in [5.74, 6) is 0.0633. The summed E-state index contributed by atoms with van der Waals surface area (Å²) in [5, 5.41) is 0. The minimum Gasteiger partial charge on any atom is -0.380 e. The fraction of sp³-hybridized carbons (Fsp3) is 1.00. The highest BCUT2D eigenvalue weighted by atomic mass is 32.2. The van der Waals surface area contributed by atoms with Crippen molar-refractivity contribution >= 4 is 10.1 Å². The van der Waals surface area contributed by atoms with Gasteiger partial charge in [-0.25, -0.2) is 0 Å². The summed E-state index contributed by atoms with van der Waals surface area (Å²) in [6.07, 6.45) is 0. The third-order valence-electron chi connectivity index (χ3n) is 1.72. The van der Waals surface area contributed by atoms with Crippen LogP contribution in [0.1, 0.15) is 13.8 Å². The molecule has 5 heteroatoms. The number of rotatable bonds is 4. The van der Waals surface area contributed by atoms with Gasteiger partial charge in [-0.2, -0.15) is 8.42 Å². The van der Waals surface area contributed by atoms with Crippen molar-refractivity contribution in [3.8, 4) is 0 Å². The van der Waals surface area contributed by atoms with Crippen molar-refractivity contribution in [3.63, 3.8) is 0 Å². The van der Waals surface area contributed by atoms with E-state index in [4.69, 9.17) is 4.74 Å². The van der Waals surface area contributed by atoms with Crippen LogP contribution in [-0.2, 0) is 19.0 Å². The fourth-order valence-corrected chi connectivity index (χ4v) is 2.64. The van der Waals surface area contributed by atoms with Crippen molar-refractivity contribution in [2.75, 3.05) is 25.6 Å². The van der Waals surface area contributed by atoms with Crippen molar-refractivity contribution in [3.05, 3.63) is 0 Å². The molecule has 0 saturated carbocycles. The molecule has 0 unspecified atom stereocenters. The number of hydrogen-bond acceptors (Lipinski definition) is 4. The van der Waals surface area contributed by atoms with Crippen LogP contribution in [0.25, 0.3) is 0 Å². The third-order valence-corrected chi connectivity index (χ3v) is 3.37. The van der Waals surface area contributed by atoms with Crippen LogP contribution >= 0.6 is 0 Å². The zero-order valence-corrected chi connectivity index (χ0v) is 8.19. The molecule has 1 aliphatic heterocycles. The summed E-state index contributed by atoms with van der Waals surface area (Å²) < 4.78 is 31.9. The van der Waals surface area contributed by atoms with Crippen LogP contribution in [0.2, 0.25) is 0 Å². The van der Waals surface area contributed by atoms with Gasteiger partial charge in [0.2, 0.25) is 0 Å². The lowest BCUT2D eigenvalue weighted by molar-refractivity contribution is -0.0878. The maximum Gasteiger partial charge on any atom is 0.268 e. The predicted molar refractivity (Wildman–Crippen MR) is 44.3 cm³/mol. The van der Waals surface area contributed by atoms with Gasteiger partial charge in [0, 0.05) is 5.41 Å². The quantitative estimate of drug-likeness (QED) is 0.607. The second kappa shape index (κ2) is 3.32. The van der Waals surface area contributed by atoms with Crippen molar-refractivity contribution in [2.45, 2.75) is 13.8 Å². The van der Waals surface area contributed by atoms with Crippen molar-refractivity contribution in [2.24, 2.45) is 5.41 Å². The molecular formula is C7H14O4S. The largest absolute Gasteiger partial charge is 0.380 e. The summed E-state index contributed by atoms with van der Waals surface area (Å²) in [7, 11) is -3.33. The normalized spacial score (nSPS) is 21.8. The Kier molecular flexibility index (Phi) is 2.75. The van der Waals surface area contributed by atoms with E-state index < -0.39 is 10.1 Å². The molecule has 1 saturated heterocycles. The molecule has 0 amide bonds. The molecule has 72 valence electrons. The Bertz CT molecular complexity index is 240. The van der Waals surface area contributed by atoms with E-state index in [-0.39, 0.29) is 17.8 Å². The van der Waals surface area contributed by atoms with E-state index in [0.29, 0.717) is 13.2 Å². The number of ether oxygens (including phenoxy) is 1. The average Bonchev–Trinajstić information content (AvgIpc) is 1.83.